The van der Waals surface area contributed by atoms with Gasteiger partial charge >= 0.3 is 6.61 Å². The summed E-state index contributed by atoms with van der Waals surface area (Å²) in [4.78, 5) is 12.1. The molecule has 6 heteroatoms. The second-order valence-electron chi connectivity index (χ2n) is 5.27. The summed E-state index contributed by atoms with van der Waals surface area (Å²) in [7, 11) is 0. The zero-order chi connectivity index (χ0) is 15.2. The van der Waals surface area contributed by atoms with Crippen molar-refractivity contribution in [2.75, 3.05) is 6.54 Å². The van der Waals surface area contributed by atoms with Gasteiger partial charge in [0, 0.05) is 12.5 Å². The summed E-state index contributed by atoms with van der Waals surface area (Å²) in [6, 6.07) is 6.25. The minimum atomic E-state index is -2.83. The highest BCUT2D eigenvalue weighted by atomic mass is 19.3. The maximum Gasteiger partial charge on any atom is 0.387 e. The largest absolute Gasteiger partial charge is 0.435 e. The van der Waals surface area contributed by atoms with Gasteiger partial charge in [-0.15, -0.1) is 0 Å². The molecule has 1 saturated carbocycles. The number of carbonyl (C=O) groups excluding carboxylic acids is 1. The Labute approximate surface area is 122 Å². The van der Waals surface area contributed by atoms with Crippen molar-refractivity contribution in [2.45, 2.75) is 32.4 Å². The van der Waals surface area contributed by atoms with Gasteiger partial charge in [0.1, 0.15) is 5.75 Å². The van der Waals surface area contributed by atoms with Gasteiger partial charge < -0.3 is 15.8 Å². The van der Waals surface area contributed by atoms with Crippen molar-refractivity contribution in [1.82, 2.24) is 5.32 Å². The van der Waals surface area contributed by atoms with E-state index >= 15 is 0 Å². The molecular weight excluding hydrogens is 278 g/mol. The van der Waals surface area contributed by atoms with Gasteiger partial charge in [-0.05, 0) is 43.0 Å². The van der Waals surface area contributed by atoms with Crippen LogP contribution in [0.4, 0.5) is 8.78 Å². The van der Waals surface area contributed by atoms with Crippen LogP contribution < -0.4 is 15.8 Å². The van der Waals surface area contributed by atoms with E-state index in [0.29, 0.717) is 13.1 Å². The van der Waals surface area contributed by atoms with Gasteiger partial charge in [-0.2, -0.15) is 8.78 Å². The standard InChI is InChI=1S/C15H20F2N2O2/c16-15(17)21-12-6-4-10(5-7-12)9-19-14(20)13-3-1-2-11(13)8-18/h4-7,11,13,15H,1-3,8-9,18H2,(H,19,20)/t11-,13-/m1/s1. The average molecular weight is 298 g/mol. The lowest BCUT2D eigenvalue weighted by Gasteiger charge is -2.17. The lowest BCUT2D eigenvalue weighted by Crippen LogP contribution is -2.34. The Bertz CT molecular complexity index is 465. The number of nitrogens with two attached hydrogens (primary N) is 1. The van der Waals surface area contributed by atoms with Gasteiger partial charge in [-0.25, -0.2) is 0 Å². The molecule has 4 nitrogen and oxygen atoms in total. The fourth-order valence-electron chi connectivity index (χ4n) is 2.77. The Morgan fingerprint density at radius 1 is 1.33 bits per heavy atom. The third-order valence-electron chi connectivity index (χ3n) is 3.91. The first-order valence-electron chi connectivity index (χ1n) is 7.11. The third kappa shape index (κ3) is 4.39. The van der Waals surface area contributed by atoms with Crippen molar-refractivity contribution in [3.8, 4) is 5.75 Å². The molecule has 0 bridgehead atoms. The maximum absolute atomic E-state index is 12.1. The van der Waals surface area contributed by atoms with E-state index in [1.165, 1.54) is 12.1 Å². The molecular formula is C15H20F2N2O2. The van der Waals surface area contributed by atoms with Crippen LogP contribution in [0.5, 0.6) is 5.75 Å². The summed E-state index contributed by atoms with van der Waals surface area (Å²) >= 11 is 0. The third-order valence-corrected chi connectivity index (χ3v) is 3.91. The molecule has 2 atom stereocenters. The number of alkyl halides is 2. The summed E-state index contributed by atoms with van der Waals surface area (Å²) in [5.41, 5.74) is 6.51. The Balaban J connectivity index is 1.83. The van der Waals surface area contributed by atoms with Crippen LogP contribution in [0.25, 0.3) is 0 Å². The maximum atomic E-state index is 12.1. The number of rotatable bonds is 6. The molecule has 0 heterocycles. The van der Waals surface area contributed by atoms with Crippen LogP contribution in [0, 0.1) is 11.8 Å². The second-order valence-corrected chi connectivity index (χ2v) is 5.27. The molecule has 1 fully saturated rings. The van der Waals surface area contributed by atoms with Gasteiger partial charge in [0.2, 0.25) is 5.91 Å². The highest BCUT2D eigenvalue weighted by molar-refractivity contribution is 5.79. The van der Waals surface area contributed by atoms with Gasteiger partial charge in [0.15, 0.2) is 0 Å². The second kappa shape index (κ2) is 7.36. The van der Waals surface area contributed by atoms with Gasteiger partial charge in [-0.1, -0.05) is 18.6 Å². The lowest BCUT2D eigenvalue weighted by molar-refractivity contribution is -0.126. The van der Waals surface area contributed by atoms with Crippen LogP contribution in [0.2, 0.25) is 0 Å². The summed E-state index contributed by atoms with van der Waals surface area (Å²) in [5, 5.41) is 2.88. The average Bonchev–Trinajstić information content (AvgIpc) is 2.94. The van der Waals surface area contributed by atoms with E-state index in [2.05, 4.69) is 10.1 Å². The molecule has 21 heavy (non-hydrogen) atoms. The number of hydrogen-bond acceptors (Lipinski definition) is 3. The van der Waals surface area contributed by atoms with E-state index in [9.17, 15) is 13.6 Å². The Morgan fingerprint density at radius 3 is 2.67 bits per heavy atom. The van der Waals surface area contributed by atoms with Crippen LogP contribution in [-0.4, -0.2) is 19.1 Å². The number of carbonyl (C=O) groups is 1. The smallest absolute Gasteiger partial charge is 0.387 e. The molecule has 2 rings (SSSR count). The fourth-order valence-corrected chi connectivity index (χ4v) is 2.77. The minimum Gasteiger partial charge on any atom is -0.435 e. The molecule has 1 aliphatic carbocycles. The molecule has 1 aliphatic rings. The van der Waals surface area contributed by atoms with Crippen molar-refractivity contribution in [3.63, 3.8) is 0 Å². The molecule has 1 aromatic rings. The van der Waals surface area contributed by atoms with Crippen molar-refractivity contribution >= 4 is 5.91 Å². The fraction of sp³-hybridized carbons (Fsp3) is 0.533. The zero-order valence-corrected chi connectivity index (χ0v) is 11.7. The number of amides is 1. The topological polar surface area (TPSA) is 64.4 Å². The molecule has 0 radical (unpaired) electrons. The van der Waals surface area contributed by atoms with Gasteiger partial charge in [-0.3, -0.25) is 4.79 Å². The molecule has 3 N–H and O–H groups in total. The number of benzene rings is 1. The number of ether oxygens (including phenoxy) is 1. The van der Waals surface area contributed by atoms with Crippen LogP contribution in [0.3, 0.4) is 0 Å². The zero-order valence-electron chi connectivity index (χ0n) is 11.7. The first-order chi connectivity index (χ1) is 10.1. The summed E-state index contributed by atoms with van der Waals surface area (Å²) in [6.45, 7) is -1.91. The summed E-state index contributed by atoms with van der Waals surface area (Å²) in [5.74, 6) is 0.401. The van der Waals surface area contributed by atoms with Crippen molar-refractivity contribution < 1.29 is 18.3 Å². The molecule has 0 unspecified atom stereocenters. The lowest BCUT2D eigenvalue weighted by atomic mass is 9.95. The van der Waals surface area contributed by atoms with Crippen molar-refractivity contribution in [1.29, 1.82) is 0 Å². The minimum absolute atomic E-state index is 0.00330. The van der Waals surface area contributed by atoms with E-state index in [4.69, 9.17) is 5.73 Å². The first-order valence-corrected chi connectivity index (χ1v) is 7.11. The monoisotopic (exact) mass is 298 g/mol. The molecule has 0 spiro atoms. The molecule has 1 amide bonds. The number of halogens is 2. The van der Waals surface area contributed by atoms with E-state index in [0.717, 1.165) is 24.8 Å². The Morgan fingerprint density at radius 2 is 2.05 bits per heavy atom. The van der Waals surface area contributed by atoms with Gasteiger partial charge in [0.25, 0.3) is 0 Å². The SMILES string of the molecule is NC[C@H]1CCC[C@H]1C(=O)NCc1ccc(OC(F)F)cc1. The highest BCUT2D eigenvalue weighted by Crippen LogP contribution is 2.31. The van der Waals surface area contributed by atoms with Crippen molar-refractivity contribution in [3.05, 3.63) is 29.8 Å². The molecule has 0 saturated heterocycles. The van der Waals surface area contributed by atoms with E-state index in [1.807, 2.05) is 0 Å². The summed E-state index contributed by atoms with van der Waals surface area (Å²) < 4.78 is 28.3. The Hall–Kier alpha value is -1.69. The quantitative estimate of drug-likeness (QED) is 0.847. The van der Waals surface area contributed by atoms with Crippen LogP contribution >= 0.6 is 0 Å². The van der Waals surface area contributed by atoms with E-state index in [-0.39, 0.29) is 23.5 Å². The molecule has 116 valence electrons. The van der Waals surface area contributed by atoms with Crippen LogP contribution in [0.15, 0.2) is 24.3 Å². The Kier molecular flexibility index (Phi) is 5.50. The predicted molar refractivity (Wildman–Crippen MR) is 74.8 cm³/mol. The first kappa shape index (κ1) is 15.7. The normalized spacial score (nSPS) is 21.5. The van der Waals surface area contributed by atoms with E-state index in [1.54, 1.807) is 12.1 Å². The number of hydrogen-bond donors (Lipinski definition) is 2. The molecule has 0 aromatic heterocycles. The summed E-state index contributed by atoms with van der Waals surface area (Å²) in [6.07, 6.45) is 2.93. The molecule has 1 aromatic carbocycles. The van der Waals surface area contributed by atoms with Crippen LogP contribution in [0.1, 0.15) is 24.8 Å². The van der Waals surface area contributed by atoms with Crippen molar-refractivity contribution in [2.24, 2.45) is 17.6 Å². The van der Waals surface area contributed by atoms with E-state index < -0.39 is 6.61 Å². The predicted octanol–water partition coefficient (Wildman–Crippen LogP) is 2.28. The van der Waals surface area contributed by atoms with Crippen LogP contribution in [-0.2, 0) is 11.3 Å². The van der Waals surface area contributed by atoms with Gasteiger partial charge in [0.05, 0.1) is 0 Å². The molecule has 0 aliphatic heterocycles. The highest BCUT2D eigenvalue weighted by Gasteiger charge is 2.31. The number of nitrogens with one attached hydrogen (secondary N) is 1.